The number of rotatable bonds is 5. The van der Waals surface area contributed by atoms with Gasteiger partial charge in [0.2, 0.25) is 11.4 Å². The fraction of sp³-hybridized carbons (Fsp3) is 0.0833. The van der Waals surface area contributed by atoms with E-state index in [0.717, 1.165) is 22.5 Å². The Morgan fingerprint density at radius 1 is 0.643 bits per heavy atom. The summed E-state index contributed by atoms with van der Waals surface area (Å²) in [4.78, 5) is 4.17. The third-order valence-corrected chi connectivity index (χ3v) is 4.79. The zero-order valence-corrected chi connectivity index (χ0v) is 15.7. The van der Waals surface area contributed by atoms with E-state index in [9.17, 15) is 0 Å². The van der Waals surface area contributed by atoms with Gasteiger partial charge < -0.3 is 0 Å². The highest BCUT2D eigenvalue weighted by molar-refractivity contribution is 5.61. The summed E-state index contributed by atoms with van der Waals surface area (Å²) in [7, 11) is 0. The Morgan fingerprint density at radius 2 is 1.07 bits per heavy atom. The topological polar surface area (TPSA) is 37.2 Å². The summed E-state index contributed by atoms with van der Waals surface area (Å²) in [5.74, 6) is 0. The van der Waals surface area contributed by atoms with Gasteiger partial charge >= 0.3 is 0 Å². The molecule has 0 aliphatic heterocycles. The summed E-state index contributed by atoms with van der Waals surface area (Å²) in [6.45, 7) is 2.29. The van der Waals surface area contributed by atoms with Crippen LogP contribution in [0.2, 0.25) is 0 Å². The zero-order valence-electron chi connectivity index (χ0n) is 15.7. The third kappa shape index (κ3) is 3.98. The molecule has 0 spiro atoms. The van der Waals surface area contributed by atoms with E-state index in [4.69, 9.17) is 5.26 Å². The SMILES string of the molecule is Cc1ccc(-[n+]2ccc(-c3cc[n+](-c4ccc(COO)cc4)cc3)cc2)cc1. The first-order valence-electron chi connectivity index (χ1n) is 9.19. The number of hydrogen-bond acceptors (Lipinski definition) is 2. The predicted molar refractivity (Wildman–Crippen MR) is 107 cm³/mol. The van der Waals surface area contributed by atoms with Gasteiger partial charge in [-0.2, -0.15) is 9.13 Å². The van der Waals surface area contributed by atoms with Crippen molar-refractivity contribution in [2.45, 2.75) is 13.5 Å². The van der Waals surface area contributed by atoms with Crippen molar-refractivity contribution >= 4 is 0 Å². The predicted octanol–water partition coefficient (Wildman–Crippen LogP) is 4.21. The maximum atomic E-state index is 8.53. The molecule has 0 saturated carbocycles. The van der Waals surface area contributed by atoms with Crippen molar-refractivity contribution in [3.8, 4) is 22.5 Å². The number of benzene rings is 2. The van der Waals surface area contributed by atoms with Gasteiger partial charge in [0, 0.05) is 48.5 Å². The molecule has 0 aliphatic carbocycles. The van der Waals surface area contributed by atoms with Gasteiger partial charge in [-0.15, -0.1) is 0 Å². The molecule has 0 amide bonds. The van der Waals surface area contributed by atoms with E-state index in [1.807, 2.05) is 36.7 Å². The Bertz CT molecular complexity index is 1040. The second-order valence-electron chi connectivity index (χ2n) is 6.76. The van der Waals surface area contributed by atoms with E-state index in [0.29, 0.717) is 0 Å². The van der Waals surface area contributed by atoms with Crippen molar-refractivity contribution in [3.05, 3.63) is 109 Å². The molecular formula is C24H22N2O2+2. The standard InChI is InChI=1S/C24H21N2O2/c1-19-2-6-23(7-3-19)25-14-10-21(11-15-25)22-12-16-26(17-13-22)24-8-4-20(5-9-24)18-28-27/h2-17H,18H2,1H3/q+1/p+1. The fourth-order valence-corrected chi connectivity index (χ4v) is 3.14. The molecule has 2 heterocycles. The maximum Gasteiger partial charge on any atom is 0.210 e. The fourth-order valence-electron chi connectivity index (χ4n) is 3.14. The lowest BCUT2D eigenvalue weighted by molar-refractivity contribution is -0.596. The summed E-state index contributed by atoms with van der Waals surface area (Å²) in [6, 6.07) is 24.8. The molecule has 2 aromatic heterocycles. The van der Waals surface area contributed by atoms with Crippen molar-refractivity contribution in [1.82, 2.24) is 0 Å². The molecule has 0 saturated heterocycles. The first-order chi connectivity index (χ1) is 13.7. The van der Waals surface area contributed by atoms with Crippen LogP contribution in [-0.2, 0) is 11.5 Å². The lowest BCUT2D eigenvalue weighted by atomic mass is 10.1. The molecule has 4 heteroatoms. The van der Waals surface area contributed by atoms with Gasteiger partial charge in [0.15, 0.2) is 24.8 Å². The molecule has 0 radical (unpaired) electrons. The molecule has 2 aromatic carbocycles. The highest BCUT2D eigenvalue weighted by atomic mass is 17.1. The van der Waals surface area contributed by atoms with Crippen molar-refractivity contribution in [2.24, 2.45) is 0 Å². The Labute approximate surface area is 164 Å². The second kappa shape index (κ2) is 8.13. The van der Waals surface area contributed by atoms with Crippen LogP contribution in [0.1, 0.15) is 11.1 Å². The van der Waals surface area contributed by atoms with Crippen LogP contribution < -0.4 is 9.13 Å². The highest BCUT2D eigenvalue weighted by Crippen LogP contribution is 2.17. The van der Waals surface area contributed by atoms with Gasteiger partial charge in [0.25, 0.3) is 0 Å². The van der Waals surface area contributed by atoms with Gasteiger partial charge in [-0.3, -0.25) is 5.26 Å². The molecule has 0 aliphatic rings. The van der Waals surface area contributed by atoms with Crippen LogP contribution in [0.15, 0.2) is 97.6 Å². The minimum absolute atomic E-state index is 0.195. The number of aromatic nitrogens is 2. The van der Waals surface area contributed by atoms with Crippen LogP contribution in [0.25, 0.3) is 22.5 Å². The second-order valence-corrected chi connectivity index (χ2v) is 6.76. The van der Waals surface area contributed by atoms with E-state index in [1.54, 1.807) is 0 Å². The van der Waals surface area contributed by atoms with Gasteiger partial charge in [-0.05, 0) is 35.7 Å². The van der Waals surface area contributed by atoms with E-state index in [1.165, 1.54) is 11.1 Å². The lowest BCUT2D eigenvalue weighted by Gasteiger charge is -2.02. The molecule has 0 bridgehead atoms. The normalized spacial score (nSPS) is 10.8. The van der Waals surface area contributed by atoms with Crippen molar-refractivity contribution in [1.29, 1.82) is 0 Å². The third-order valence-electron chi connectivity index (χ3n) is 4.79. The van der Waals surface area contributed by atoms with Gasteiger partial charge in [0.1, 0.15) is 6.61 Å². The Kier molecular flexibility index (Phi) is 5.24. The molecule has 0 fully saturated rings. The Hall–Kier alpha value is -3.34. The minimum Gasteiger partial charge on any atom is -0.251 e. The molecule has 0 atom stereocenters. The van der Waals surface area contributed by atoms with Crippen LogP contribution in [0.3, 0.4) is 0 Å². The average Bonchev–Trinajstić information content (AvgIpc) is 2.75. The summed E-state index contributed by atoms with van der Waals surface area (Å²) >= 11 is 0. The van der Waals surface area contributed by atoms with Crippen LogP contribution in [-0.4, -0.2) is 5.26 Å². The minimum atomic E-state index is 0.195. The quantitative estimate of drug-likeness (QED) is 0.325. The highest BCUT2D eigenvalue weighted by Gasteiger charge is 2.09. The summed E-state index contributed by atoms with van der Waals surface area (Å²) < 4.78 is 4.17. The number of nitrogens with zero attached hydrogens (tertiary/aromatic N) is 2. The Balaban J connectivity index is 1.52. The molecular weight excluding hydrogens is 348 g/mol. The van der Waals surface area contributed by atoms with Crippen LogP contribution in [0.4, 0.5) is 0 Å². The molecule has 4 nitrogen and oxygen atoms in total. The number of aryl methyl sites for hydroxylation is 1. The molecule has 1 N–H and O–H groups in total. The van der Waals surface area contributed by atoms with E-state index < -0.39 is 0 Å². The first kappa shape index (κ1) is 18.0. The van der Waals surface area contributed by atoms with Crippen molar-refractivity contribution in [2.75, 3.05) is 0 Å². The first-order valence-corrected chi connectivity index (χ1v) is 9.19. The maximum absolute atomic E-state index is 8.53. The molecule has 138 valence electrons. The smallest absolute Gasteiger partial charge is 0.210 e. The zero-order chi connectivity index (χ0) is 19.3. The van der Waals surface area contributed by atoms with Crippen LogP contribution >= 0.6 is 0 Å². The van der Waals surface area contributed by atoms with E-state index in [2.05, 4.69) is 81.9 Å². The summed E-state index contributed by atoms with van der Waals surface area (Å²) in [6.07, 6.45) is 8.27. The van der Waals surface area contributed by atoms with Crippen LogP contribution in [0, 0.1) is 6.92 Å². The summed E-state index contributed by atoms with van der Waals surface area (Å²) in [5.41, 5.74) is 6.73. The summed E-state index contributed by atoms with van der Waals surface area (Å²) in [5, 5.41) is 8.53. The number of pyridine rings is 2. The lowest BCUT2D eigenvalue weighted by Crippen LogP contribution is -2.29. The Morgan fingerprint density at radius 3 is 1.50 bits per heavy atom. The van der Waals surface area contributed by atoms with E-state index >= 15 is 0 Å². The van der Waals surface area contributed by atoms with Crippen molar-refractivity contribution < 1.29 is 19.3 Å². The molecule has 0 unspecified atom stereocenters. The molecule has 4 rings (SSSR count). The van der Waals surface area contributed by atoms with Gasteiger partial charge in [0.05, 0.1) is 0 Å². The average molecular weight is 370 g/mol. The number of hydrogen-bond donors (Lipinski definition) is 1. The largest absolute Gasteiger partial charge is 0.251 e. The molecule has 4 aromatic rings. The van der Waals surface area contributed by atoms with E-state index in [-0.39, 0.29) is 6.61 Å². The van der Waals surface area contributed by atoms with Gasteiger partial charge in [-0.1, -0.05) is 17.7 Å². The monoisotopic (exact) mass is 370 g/mol. The van der Waals surface area contributed by atoms with Gasteiger partial charge in [-0.25, -0.2) is 4.89 Å². The van der Waals surface area contributed by atoms with Crippen molar-refractivity contribution in [3.63, 3.8) is 0 Å². The van der Waals surface area contributed by atoms with Crippen LogP contribution in [0.5, 0.6) is 0 Å². The molecule has 28 heavy (non-hydrogen) atoms.